The minimum atomic E-state index is -0.787. The van der Waals surface area contributed by atoms with Crippen molar-refractivity contribution in [1.82, 2.24) is 19.5 Å². The fraction of sp³-hybridized carbons (Fsp3) is 0. The normalized spacial score (nSPS) is 14.8. The molecule has 11 aromatic rings. The molecule has 0 fully saturated rings. The number of aromatic nitrogens is 4. The summed E-state index contributed by atoms with van der Waals surface area (Å²) in [5.74, 6) is -0.108. The fourth-order valence-electron chi connectivity index (χ4n) is 7.33. The summed E-state index contributed by atoms with van der Waals surface area (Å²) in [6, 6.07) is 27.5. The molecule has 0 radical (unpaired) electrons. The Morgan fingerprint density at radius 1 is 0.411 bits per heavy atom. The quantitative estimate of drug-likeness (QED) is 0.170. The second-order valence-electron chi connectivity index (χ2n) is 13.0. The Morgan fingerprint density at radius 3 is 1.70 bits per heavy atom. The maximum Gasteiger partial charge on any atom is 0.166 e. The molecule has 0 aliphatic carbocycles. The van der Waals surface area contributed by atoms with Gasteiger partial charge in [0.15, 0.2) is 17.5 Å². The van der Waals surface area contributed by atoms with Gasteiger partial charge in [0, 0.05) is 47.6 Å². The van der Waals surface area contributed by atoms with E-state index in [-0.39, 0.29) is 23.0 Å². The molecule has 56 heavy (non-hydrogen) atoms. The molecule has 8 aromatic carbocycles. The van der Waals surface area contributed by atoms with Crippen LogP contribution in [0.25, 0.3) is 104 Å². The molecule has 0 unspecified atom stereocenters. The highest BCUT2D eigenvalue weighted by Gasteiger charge is 2.22. The molecule has 0 atom stereocenters. The number of benzene rings is 8. The third-order valence-electron chi connectivity index (χ3n) is 9.78. The highest BCUT2D eigenvalue weighted by molar-refractivity contribution is 7.26. The predicted octanol–water partition coefficient (Wildman–Crippen LogP) is 13.7. The summed E-state index contributed by atoms with van der Waals surface area (Å²) in [6.07, 6.45) is 0. The molecule has 0 bridgehead atoms. The van der Waals surface area contributed by atoms with E-state index >= 15 is 0 Å². The molecule has 0 aliphatic rings. The number of hydrogen-bond donors (Lipinski definition) is 0. The van der Waals surface area contributed by atoms with Crippen molar-refractivity contribution in [1.29, 1.82) is 0 Å². The van der Waals surface area contributed by atoms with Crippen LogP contribution in [0.1, 0.15) is 17.8 Å². The van der Waals surface area contributed by atoms with Gasteiger partial charge in [0.25, 0.3) is 0 Å². The zero-order valence-electron chi connectivity index (χ0n) is 42.2. The molecule has 3 aromatic heterocycles. The minimum absolute atomic E-state index is 0.0860. The summed E-state index contributed by atoms with van der Waals surface area (Å²) in [6.45, 7) is 0. The first-order chi connectivity index (χ1) is 33.2. The van der Waals surface area contributed by atoms with Crippen molar-refractivity contribution in [3.63, 3.8) is 0 Å². The van der Waals surface area contributed by atoms with E-state index in [2.05, 4.69) is 4.57 Å². The molecule has 0 amide bonds. The Labute approximate surface area is 345 Å². The Hall–Kier alpha value is -7.21. The smallest absolute Gasteiger partial charge is 0.166 e. The maximum atomic E-state index is 10.0. The average Bonchev–Trinajstić information content (AvgIpc) is 3.92. The van der Waals surface area contributed by atoms with Crippen LogP contribution in [0.3, 0.4) is 0 Å². The number of hydrogen-bond acceptors (Lipinski definition) is 4. The highest BCUT2D eigenvalue weighted by atomic mass is 32.1. The second-order valence-corrected chi connectivity index (χ2v) is 14.0. The van der Waals surface area contributed by atoms with Crippen LogP contribution >= 0.6 is 11.3 Å². The van der Waals surface area contributed by atoms with E-state index in [4.69, 9.17) is 28.7 Å². The van der Waals surface area contributed by atoms with Crippen molar-refractivity contribution in [2.75, 3.05) is 0 Å². The van der Waals surface area contributed by atoms with Gasteiger partial charge in [-0.3, -0.25) is 0 Å². The first-order valence-corrected chi connectivity index (χ1v) is 18.5. The van der Waals surface area contributed by atoms with Crippen molar-refractivity contribution in [3.05, 3.63) is 194 Å². The van der Waals surface area contributed by atoms with Crippen LogP contribution in [0, 0.1) is 0 Å². The summed E-state index contributed by atoms with van der Waals surface area (Å²) in [5.41, 5.74) is 1.07. The molecule has 262 valence electrons. The SMILES string of the molecule is [2H]c1c([2H])c([2H])c(-c2c([2H])c([2H])c(-c3c([2H])c([2H])c([2H])c([2H])c3[2H])c(-c3nc(-c4ccccc4-n4c5ccccc5c5ccccc54)nc(-c4cccc5c4sc4ccccc45)n3)c2[2H])c([2H])c1[2H]. The van der Waals surface area contributed by atoms with Gasteiger partial charge < -0.3 is 4.57 Å². The fourth-order valence-corrected chi connectivity index (χ4v) is 8.54. The van der Waals surface area contributed by atoms with Crippen LogP contribution in [0.5, 0.6) is 0 Å². The lowest BCUT2D eigenvalue weighted by Gasteiger charge is -2.16. The van der Waals surface area contributed by atoms with Crippen molar-refractivity contribution in [2.45, 2.75) is 0 Å². The summed E-state index contributed by atoms with van der Waals surface area (Å²) >= 11 is 1.52. The van der Waals surface area contributed by atoms with Gasteiger partial charge in [-0.25, -0.2) is 15.0 Å². The lowest BCUT2D eigenvalue weighted by Crippen LogP contribution is -2.04. The lowest BCUT2D eigenvalue weighted by atomic mass is 9.94. The number of thiophene rings is 1. The van der Waals surface area contributed by atoms with E-state index < -0.39 is 101 Å². The van der Waals surface area contributed by atoms with Crippen LogP contribution in [0.15, 0.2) is 194 Å². The predicted molar refractivity (Wildman–Crippen MR) is 234 cm³/mol. The summed E-state index contributed by atoms with van der Waals surface area (Å²) in [4.78, 5) is 15.3. The molecule has 0 saturated heterocycles. The van der Waals surface area contributed by atoms with E-state index in [1.165, 1.54) is 11.3 Å². The van der Waals surface area contributed by atoms with Crippen LogP contribution in [-0.4, -0.2) is 19.5 Å². The van der Waals surface area contributed by atoms with Gasteiger partial charge in [-0.05, 0) is 64.7 Å². The van der Waals surface area contributed by atoms with Gasteiger partial charge in [-0.1, -0.05) is 151 Å². The number of rotatable bonds is 6. The summed E-state index contributed by atoms with van der Waals surface area (Å²) in [7, 11) is 0. The van der Waals surface area contributed by atoms with E-state index in [0.29, 0.717) is 16.8 Å². The summed E-state index contributed by atoms with van der Waals surface area (Å²) in [5, 5.41) is 3.91. The zero-order chi connectivity index (χ0) is 48.3. The number of fused-ring (bicyclic) bond motifs is 6. The molecule has 11 rings (SSSR count). The third-order valence-corrected chi connectivity index (χ3v) is 11.0. The molecular weight excluding hydrogens is 701 g/mol. The van der Waals surface area contributed by atoms with Crippen molar-refractivity contribution in [2.24, 2.45) is 0 Å². The highest BCUT2D eigenvalue weighted by Crippen LogP contribution is 2.42. The van der Waals surface area contributed by atoms with Crippen molar-refractivity contribution < 1.29 is 17.8 Å². The van der Waals surface area contributed by atoms with Crippen LogP contribution < -0.4 is 0 Å². The average molecular weight is 746 g/mol. The van der Waals surface area contributed by atoms with E-state index in [1.54, 1.807) is 0 Å². The molecule has 0 aliphatic heterocycles. The Morgan fingerprint density at radius 2 is 0.964 bits per heavy atom. The maximum absolute atomic E-state index is 10.0. The van der Waals surface area contributed by atoms with Crippen LogP contribution in [-0.2, 0) is 0 Å². The van der Waals surface area contributed by atoms with Crippen LogP contribution in [0.2, 0.25) is 0 Å². The van der Waals surface area contributed by atoms with E-state index in [9.17, 15) is 4.11 Å². The van der Waals surface area contributed by atoms with Crippen LogP contribution in [0.4, 0.5) is 0 Å². The van der Waals surface area contributed by atoms with Gasteiger partial charge in [0.1, 0.15) is 0 Å². The third kappa shape index (κ3) is 5.32. The lowest BCUT2D eigenvalue weighted by molar-refractivity contribution is 1.07. The minimum Gasteiger partial charge on any atom is -0.309 e. The second kappa shape index (κ2) is 13.3. The van der Waals surface area contributed by atoms with Crippen molar-refractivity contribution in [3.8, 4) is 62.1 Å². The summed E-state index contributed by atoms with van der Waals surface area (Å²) < 4.78 is 120. The molecule has 5 heteroatoms. The molecule has 0 N–H and O–H groups in total. The Balaban J connectivity index is 1.31. The molecular formula is C51H32N4S. The monoisotopic (exact) mass is 745 g/mol. The Bertz CT molecular complexity index is 3920. The van der Waals surface area contributed by atoms with E-state index in [0.717, 1.165) is 42.0 Å². The van der Waals surface area contributed by atoms with Gasteiger partial charge >= 0.3 is 0 Å². The molecule has 0 saturated carbocycles. The van der Waals surface area contributed by atoms with Crippen molar-refractivity contribution >= 4 is 53.3 Å². The molecule has 0 spiro atoms. The van der Waals surface area contributed by atoms with Gasteiger partial charge in [-0.2, -0.15) is 0 Å². The molecule has 3 heterocycles. The molecule has 4 nitrogen and oxygen atoms in total. The topological polar surface area (TPSA) is 43.6 Å². The first kappa shape index (κ1) is 21.6. The number of para-hydroxylation sites is 3. The largest absolute Gasteiger partial charge is 0.309 e. The van der Waals surface area contributed by atoms with E-state index in [1.807, 2.05) is 115 Å². The van der Waals surface area contributed by atoms with Gasteiger partial charge in [-0.15, -0.1) is 11.3 Å². The van der Waals surface area contributed by atoms with Gasteiger partial charge in [0.05, 0.1) is 34.5 Å². The Kier molecular flexibility index (Phi) is 5.12. The standard InChI is InChI=1S/C51H32N4S/c1-3-16-33(17-4-1)35-30-31-36(34-18-5-2-6-19-34)43(32-35)51-53-49(52-50(54-51)42-25-15-24-40-39-22-10-14-29-47(39)56-48(40)42)41-23-9-13-28-46(41)55-44-26-11-7-20-37(44)38-21-8-12-27-45(38)55/h1-32H/i1D,2D,3D,4D,5D,6D,16D,17D,18D,19D,30D,31D,32D. The van der Waals surface area contributed by atoms with Gasteiger partial charge in [0.2, 0.25) is 0 Å². The zero-order valence-corrected chi connectivity index (χ0v) is 30.0. The number of nitrogens with zero attached hydrogens (tertiary/aromatic N) is 4. The first-order valence-electron chi connectivity index (χ1n) is 24.2.